The van der Waals surface area contributed by atoms with Gasteiger partial charge < -0.3 is 10.3 Å². The van der Waals surface area contributed by atoms with Crippen LogP contribution in [0.4, 0.5) is 5.69 Å². The van der Waals surface area contributed by atoms with Crippen molar-refractivity contribution in [2.75, 3.05) is 5.73 Å². The van der Waals surface area contributed by atoms with E-state index in [2.05, 4.69) is 0 Å². The van der Waals surface area contributed by atoms with Gasteiger partial charge in [0.15, 0.2) is 5.78 Å². The molecular weight excluding hydrogens is 176 g/mol. The summed E-state index contributed by atoms with van der Waals surface area (Å²) in [6, 6.07) is 1.78. The Bertz CT molecular complexity index is 348. The van der Waals surface area contributed by atoms with Crippen molar-refractivity contribution in [1.82, 2.24) is 4.57 Å². The first-order valence-electron chi connectivity index (χ1n) is 5.14. The number of nitrogen functional groups attached to an aromatic ring is 1. The van der Waals surface area contributed by atoms with Crippen LogP contribution < -0.4 is 5.73 Å². The third-order valence-electron chi connectivity index (χ3n) is 3.00. The minimum absolute atomic E-state index is 0.239. The van der Waals surface area contributed by atoms with E-state index in [0.717, 1.165) is 18.5 Å². The number of Topliss-reactive ketones (excluding diaryl/α,β-unsaturated/α-hetero) is 1. The Hall–Kier alpha value is -1.25. The summed E-state index contributed by atoms with van der Waals surface area (Å²) in [7, 11) is 1.87. The third-order valence-corrected chi connectivity index (χ3v) is 3.00. The molecule has 3 heteroatoms. The van der Waals surface area contributed by atoms with Crippen molar-refractivity contribution >= 4 is 11.5 Å². The van der Waals surface area contributed by atoms with E-state index in [4.69, 9.17) is 5.73 Å². The van der Waals surface area contributed by atoms with Gasteiger partial charge in [0.2, 0.25) is 0 Å². The molecule has 0 atom stereocenters. The molecule has 0 bridgehead atoms. The minimum Gasteiger partial charge on any atom is -0.397 e. The average molecular weight is 192 g/mol. The van der Waals surface area contributed by atoms with Crippen LogP contribution in [0.25, 0.3) is 0 Å². The van der Waals surface area contributed by atoms with Crippen LogP contribution in [-0.4, -0.2) is 10.4 Å². The quantitative estimate of drug-likeness (QED) is 0.728. The molecule has 14 heavy (non-hydrogen) atoms. The number of carbonyl (C=O) groups excluding carboxylic acids is 1. The Kier molecular flexibility index (Phi) is 2.32. The highest BCUT2D eigenvalue weighted by Gasteiger charge is 2.25. The lowest BCUT2D eigenvalue weighted by Gasteiger charge is -2.07. The van der Waals surface area contributed by atoms with Gasteiger partial charge >= 0.3 is 0 Å². The number of ketones is 1. The zero-order chi connectivity index (χ0) is 10.1. The van der Waals surface area contributed by atoms with Crippen molar-refractivity contribution < 1.29 is 4.79 Å². The Morgan fingerprint density at radius 1 is 1.50 bits per heavy atom. The minimum atomic E-state index is 0.239. The van der Waals surface area contributed by atoms with Crippen LogP contribution in [0.3, 0.4) is 0 Å². The predicted molar refractivity (Wildman–Crippen MR) is 56.1 cm³/mol. The fourth-order valence-corrected chi connectivity index (χ4v) is 2.23. The van der Waals surface area contributed by atoms with E-state index in [0.29, 0.717) is 5.69 Å². The van der Waals surface area contributed by atoms with Crippen molar-refractivity contribution in [2.45, 2.75) is 25.7 Å². The molecule has 0 radical (unpaired) electrons. The van der Waals surface area contributed by atoms with Gasteiger partial charge in [0.25, 0.3) is 0 Å². The van der Waals surface area contributed by atoms with Gasteiger partial charge in [-0.2, -0.15) is 0 Å². The monoisotopic (exact) mass is 192 g/mol. The van der Waals surface area contributed by atoms with Gasteiger partial charge in [-0.25, -0.2) is 0 Å². The number of carbonyl (C=O) groups is 1. The Labute approximate surface area is 83.9 Å². The second kappa shape index (κ2) is 3.48. The molecule has 1 fully saturated rings. The average Bonchev–Trinajstić information content (AvgIpc) is 2.73. The molecule has 1 aliphatic rings. The van der Waals surface area contributed by atoms with Crippen molar-refractivity contribution in [3.05, 3.63) is 18.0 Å². The SMILES string of the molecule is Cn1cc(N)cc1C(=O)C1CCCC1. The topological polar surface area (TPSA) is 48.0 Å². The van der Waals surface area contributed by atoms with Crippen molar-refractivity contribution in [2.24, 2.45) is 13.0 Å². The fourth-order valence-electron chi connectivity index (χ4n) is 2.23. The Morgan fingerprint density at radius 3 is 2.64 bits per heavy atom. The lowest BCUT2D eigenvalue weighted by molar-refractivity contribution is 0.0914. The van der Waals surface area contributed by atoms with E-state index in [1.54, 1.807) is 12.3 Å². The van der Waals surface area contributed by atoms with Gasteiger partial charge in [0, 0.05) is 19.2 Å². The molecule has 1 aromatic rings. The zero-order valence-electron chi connectivity index (χ0n) is 8.49. The number of nitrogens with zero attached hydrogens (tertiary/aromatic N) is 1. The molecule has 0 spiro atoms. The number of aromatic nitrogens is 1. The molecule has 2 N–H and O–H groups in total. The first kappa shape index (κ1) is 9.31. The normalized spacial score (nSPS) is 17.5. The van der Waals surface area contributed by atoms with E-state index >= 15 is 0 Å². The smallest absolute Gasteiger partial charge is 0.182 e. The van der Waals surface area contributed by atoms with Crippen molar-refractivity contribution in [3.63, 3.8) is 0 Å². The fraction of sp³-hybridized carbons (Fsp3) is 0.545. The van der Waals surface area contributed by atoms with Gasteiger partial charge in [-0.05, 0) is 18.9 Å². The molecule has 76 valence electrons. The maximum atomic E-state index is 12.0. The van der Waals surface area contributed by atoms with Crippen LogP contribution in [-0.2, 0) is 7.05 Å². The maximum absolute atomic E-state index is 12.0. The molecule has 0 aromatic carbocycles. The lowest BCUT2D eigenvalue weighted by atomic mass is 10.0. The number of hydrogen-bond acceptors (Lipinski definition) is 2. The van der Waals surface area contributed by atoms with Crippen molar-refractivity contribution in [3.8, 4) is 0 Å². The molecule has 0 unspecified atom stereocenters. The number of anilines is 1. The number of aryl methyl sites for hydroxylation is 1. The number of rotatable bonds is 2. The van der Waals surface area contributed by atoms with E-state index in [1.807, 2.05) is 11.6 Å². The molecule has 1 aromatic heterocycles. The van der Waals surface area contributed by atoms with E-state index in [-0.39, 0.29) is 11.7 Å². The largest absolute Gasteiger partial charge is 0.397 e. The van der Waals surface area contributed by atoms with Crippen molar-refractivity contribution in [1.29, 1.82) is 0 Å². The Balaban J connectivity index is 2.21. The van der Waals surface area contributed by atoms with Gasteiger partial charge in [0.05, 0.1) is 11.4 Å². The first-order chi connectivity index (χ1) is 6.68. The van der Waals surface area contributed by atoms with Gasteiger partial charge in [-0.1, -0.05) is 12.8 Å². The number of hydrogen-bond donors (Lipinski definition) is 1. The summed E-state index contributed by atoms with van der Waals surface area (Å²) in [5, 5.41) is 0. The summed E-state index contributed by atoms with van der Waals surface area (Å²) in [5.41, 5.74) is 7.08. The highest BCUT2D eigenvalue weighted by molar-refractivity contribution is 5.97. The van der Waals surface area contributed by atoms with Crippen LogP contribution in [0.15, 0.2) is 12.3 Å². The number of nitrogens with two attached hydrogens (primary N) is 1. The molecule has 3 nitrogen and oxygen atoms in total. The van der Waals surface area contributed by atoms with E-state index in [9.17, 15) is 4.79 Å². The second-order valence-corrected chi connectivity index (χ2v) is 4.12. The Morgan fingerprint density at radius 2 is 2.14 bits per heavy atom. The first-order valence-corrected chi connectivity index (χ1v) is 5.14. The highest BCUT2D eigenvalue weighted by atomic mass is 16.1. The van der Waals surface area contributed by atoms with Gasteiger partial charge in [-0.15, -0.1) is 0 Å². The molecular formula is C11H16N2O. The summed E-state index contributed by atoms with van der Waals surface area (Å²) >= 11 is 0. The molecule has 0 saturated heterocycles. The molecule has 0 amide bonds. The van der Waals surface area contributed by atoms with Crippen LogP contribution in [0.5, 0.6) is 0 Å². The zero-order valence-corrected chi connectivity index (χ0v) is 8.49. The summed E-state index contributed by atoms with van der Waals surface area (Å²) in [5.74, 6) is 0.504. The molecule has 1 saturated carbocycles. The second-order valence-electron chi connectivity index (χ2n) is 4.12. The van der Waals surface area contributed by atoms with Gasteiger partial charge in [-0.3, -0.25) is 4.79 Å². The summed E-state index contributed by atoms with van der Waals surface area (Å²) in [6.45, 7) is 0. The summed E-state index contributed by atoms with van der Waals surface area (Å²) in [4.78, 5) is 12.0. The summed E-state index contributed by atoms with van der Waals surface area (Å²) < 4.78 is 1.83. The highest BCUT2D eigenvalue weighted by Crippen LogP contribution is 2.28. The molecule has 1 aliphatic carbocycles. The molecule has 2 rings (SSSR count). The lowest BCUT2D eigenvalue weighted by Crippen LogP contribution is -2.14. The van der Waals surface area contributed by atoms with E-state index < -0.39 is 0 Å². The van der Waals surface area contributed by atoms with Crippen LogP contribution in [0.1, 0.15) is 36.2 Å². The standard InChI is InChI=1S/C11H16N2O/c1-13-7-9(12)6-10(13)11(14)8-4-2-3-5-8/h6-8H,2-5,12H2,1H3. The predicted octanol–water partition coefficient (Wildman–Crippen LogP) is 1.98. The molecule has 1 heterocycles. The third kappa shape index (κ3) is 1.54. The van der Waals surface area contributed by atoms with Crippen LogP contribution in [0.2, 0.25) is 0 Å². The summed E-state index contributed by atoms with van der Waals surface area (Å²) in [6.07, 6.45) is 6.27. The van der Waals surface area contributed by atoms with Gasteiger partial charge in [0.1, 0.15) is 0 Å². The van der Waals surface area contributed by atoms with Crippen LogP contribution in [0, 0.1) is 5.92 Å². The molecule has 0 aliphatic heterocycles. The van der Waals surface area contributed by atoms with E-state index in [1.165, 1.54) is 12.8 Å². The van der Waals surface area contributed by atoms with Crippen LogP contribution >= 0.6 is 0 Å². The maximum Gasteiger partial charge on any atom is 0.182 e.